The molecule has 0 spiro atoms. The van der Waals surface area contributed by atoms with Crippen LogP contribution in [0.25, 0.3) is 0 Å². The molecule has 1 aromatic carbocycles. The number of hydrogen-bond acceptors (Lipinski definition) is 2. The molecule has 19 heavy (non-hydrogen) atoms. The molecule has 1 atom stereocenters. The maximum absolute atomic E-state index is 13.6. The first-order valence-electron chi connectivity index (χ1n) is 5.63. The van der Waals surface area contributed by atoms with Crippen LogP contribution in [-0.2, 0) is 4.74 Å². The van der Waals surface area contributed by atoms with E-state index in [2.05, 4.69) is 5.32 Å². The summed E-state index contributed by atoms with van der Waals surface area (Å²) >= 11 is 0. The predicted molar refractivity (Wildman–Crippen MR) is 59.1 cm³/mol. The molecule has 0 heterocycles. The molecule has 0 aliphatic heterocycles. The van der Waals surface area contributed by atoms with E-state index in [1.54, 1.807) is 0 Å². The van der Waals surface area contributed by atoms with Gasteiger partial charge < -0.3 is 10.1 Å². The molecule has 0 bridgehead atoms. The second kappa shape index (κ2) is 6.81. The van der Waals surface area contributed by atoms with E-state index in [0.29, 0.717) is 13.0 Å². The third-order valence-corrected chi connectivity index (χ3v) is 2.78. The molecule has 0 saturated carbocycles. The number of methoxy groups -OCH3 is 1. The summed E-state index contributed by atoms with van der Waals surface area (Å²) < 4.78 is 70.9. The Kier molecular flexibility index (Phi) is 5.68. The van der Waals surface area contributed by atoms with Crippen LogP contribution in [0.4, 0.5) is 22.0 Å². The van der Waals surface area contributed by atoms with Crippen LogP contribution in [0.3, 0.4) is 0 Å². The third kappa shape index (κ3) is 3.22. The van der Waals surface area contributed by atoms with E-state index in [4.69, 9.17) is 4.74 Å². The summed E-state index contributed by atoms with van der Waals surface area (Å²) in [5.41, 5.74) is -0.838. The molecule has 0 amide bonds. The highest BCUT2D eigenvalue weighted by Gasteiger charge is 2.29. The van der Waals surface area contributed by atoms with Gasteiger partial charge in [-0.25, -0.2) is 22.0 Å². The maximum atomic E-state index is 13.6. The zero-order valence-electron chi connectivity index (χ0n) is 10.5. The Hall–Kier alpha value is -1.21. The number of nitrogens with one attached hydrogen (secondary N) is 1. The molecule has 0 aliphatic rings. The van der Waals surface area contributed by atoms with Crippen LogP contribution in [0.5, 0.6) is 0 Å². The van der Waals surface area contributed by atoms with Gasteiger partial charge in [-0.3, -0.25) is 0 Å². The first-order chi connectivity index (χ1) is 8.95. The van der Waals surface area contributed by atoms with E-state index in [0.717, 1.165) is 0 Å². The largest absolute Gasteiger partial charge is 0.385 e. The average Bonchev–Trinajstić information content (AvgIpc) is 2.41. The predicted octanol–water partition coefficient (Wildman–Crippen LogP) is 3.07. The van der Waals surface area contributed by atoms with Crippen molar-refractivity contribution in [2.75, 3.05) is 20.8 Å². The monoisotopic (exact) mass is 283 g/mol. The Morgan fingerprint density at radius 1 is 0.947 bits per heavy atom. The van der Waals surface area contributed by atoms with Gasteiger partial charge in [0, 0.05) is 25.3 Å². The van der Waals surface area contributed by atoms with Crippen molar-refractivity contribution in [1.82, 2.24) is 5.32 Å². The van der Waals surface area contributed by atoms with Gasteiger partial charge in [0.25, 0.3) is 0 Å². The molecule has 7 heteroatoms. The fraction of sp³-hybridized carbons (Fsp3) is 0.500. The number of halogens is 5. The summed E-state index contributed by atoms with van der Waals surface area (Å²) in [6, 6.07) is -0.972. The standard InChI is InChI=1S/C12H14F5NO/c1-18-6(4-3-5-19-2)7-8(13)10(15)12(17)11(16)9(7)14/h6,18H,3-5H2,1-2H3. The van der Waals surface area contributed by atoms with Gasteiger partial charge in [0.15, 0.2) is 23.3 Å². The topological polar surface area (TPSA) is 21.3 Å². The molecule has 2 nitrogen and oxygen atoms in total. The Morgan fingerprint density at radius 3 is 1.84 bits per heavy atom. The molecule has 1 aromatic rings. The highest BCUT2D eigenvalue weighted by molar-refractivity contribution is 5.27. The zero-order chi connectivity index (χ0) is 14.6. The summed E-state index contributed by atoms with van der Waals surface area (Å²) in [6.45, 7) is 0.327. The number of benzene rings is 1. The van der Waals surface area contributed by atoms with Crippen molar-refractivity contribution >= 4 is 0 Å². The number of hydrogen-bond donors (Lipinski definition) is 1. The Balaban J connectivity index is 3.16. The summed E-state index contributed by atoms with van der Waals surface area (Å²) in [6.07, 6.45) is 0.601. The smallest absolute Gasteiger partial charge is 0.200 e. The Morgan fingerprint density at radius 2 is 1.42 bits per heavy atom. The summed E-state index contributed by atoms with van der Waals surface area (Å²) in [5, 5.41) is 2.54. The van der Waals surface area contributed by atoms with Gasteiger partial charge in [-0.05, 0) is 19.9 Å². The maximum Gasteiger partial charge on any atom is 0.200 e. The average molecular weight is 283 g/mol. The lowest BCUT2D eigenvalue weighted by molar-refractivity contribution is 0.188. The van der Waals surface area contributed by atoms with Gasteiger partial charge in [0.05, 0.1) is 0 Å². The lowest BCUT2D eigenvalue weighted by Crippen LogP contribution is -2.22. The second-order valence-electron chi connectivity index (χ2n) is 3.96. The van der Waals surface area contributed by atoms with Crippen molar-refractivity contribution in [3.63, 3.8) is 0 Å². The van der Waals surface area contributed by atoms with Crippen LogP contribution in [0.2, 0.25) is 0 Å². The second-order valence-corrected chi connectivity index (χ2v) is 3.96. The number of rotatable bonds is 6. The van der Waals surface area contributed by atoms with Crippen LogP contribution >= 0.6 is 0 Å². The van der Waals surface area contributed by atoms with Gasteiger partial charge in [-0.2, -0.15) is 0 Å². The van der Waals surface area contributed by atoms with E-state index in [1.165, 1.54) is 14.2 Å². The minimum absolute atomic E-state index is 0.183. The molecule has 1 N–H and O–H groups in total. The molecule has 1 unspecified atom stereocenters. The van der Waals surface area contributed by atoms with Crippen molar-refractivity contribution in [2.24, 2.45) is 0 Å². The molecule has 108 valence electrons. The van der Waals surface area contributed by atoms with Crippen molar-refractivity contribution < 1.29 is 26.7 Å². The minimum atomic E-state index is -2.15. The summed E-state index contributed by atoms with van der Waals surface area (Å²) in [4.78, 5) is 0. The van der Waals surface area contributed by atoms with E-state index in [1.807, 2.05) is 0 Å². The van der Waals surface area contributed by atoms with Crippen molar-refractivity contribution in [3.8, 4) is 0 Å². The fourth-order valence-electron chi connectivity index (χ4n) is 1.79. The lowest BCUT2D eigenvalue weighted by Gasteiger charge is -2.18. The van der Waals surface area contributed by atoms with E-state index >= 15 is 0 Å². The molecule has 0 radical (unpaired) electrons. The molecule has 0 aliphatic carbocycles. The molecule has 1 rings (SSSR count). The van der Waals surface area contributed by atoms with E-state index in [-0.39, 0.29) is 6.42 Å². The quantitative estimate of drug-likeness (QED) is 0.375. The zero-order valence-corrected chi connectivity index (χ0v) is 10.5. The number of ether oxygens (including phenoxy) is 1. The van der Waals surface area contributed by atoms with Gasteiger partial charge in [-0.15, -0.1) is 0 Å². The lowest BCUT2D eigenvalue weighted by atomic mass is 10.00. The van der Waals surface area contributed by atoms with Crippen molar-refractivity contribution in [2.45, 2.75) is 18.9 Å². The highest BCUT2D eigenvalue weighted by Crippen LogP contribution is 2.29. The normalized spacial score (nSPS) is 12.8. The van der Waals surface area contributed by atoms with Crippen LogP contribution < -0.4 is 5.32 Å². The highest BCUT2D eigenvalue weighted by atomic mass is 19.2. The van der Waals surface area contributed by atoms with Gasteiger partial charge in [0.2, 0.25) is 5.82 Å². The molecule has 0 aromatic heterocycles. The Labute approximate surface area is 107 Å². The fourth-order valence-corrected chi connectivity index (χ4v) is 1.79. The van der Waals surface area contributed by atoms with Gasteiger partial charge in [0.1, 0.15) is 0 Å². The Bertz CT molecular complexity index is 423. The van der Waals surface area contributed by atoms with E-state index in [9.17, 15) is 22.0 Å². The van der Waals surface area contributed by atoms with Crippen LogP contribution in [-0.4, -0.2) is 20.8 Å². The van der Waals surface area contributed by atoms with Crippen molar-refractivity contribution in [1.29, 1.82) is 0 Å². The third-order valence-electron chi connectivity index (χ3n) is 2.78. The van der Waals surface area contributed by atoms with Gasteiger partial charge >= 0.3 is 0 Å². The van der Waals surface area contributed by atoms with Crippen LogP contribution in [0.1, 0.15) is 24.4 Å². The van der Waals surface area contributed by atoms with E-state index < -0.39 is 40.7 Å². The minimum Gasteiger partial charge on any atom is -0.385 e. The van der Waals surface area contributed by atoms with Gasteiger partial charge in [-0.1, -0.05) is 0 Å². The van der Waals surface area contributed by atoms with Crippen molar-refractivity contribution in [3.05, 3.63) is 34.6 Å². The molecule has 0 fully saturated rings. The molecule has 0 saturated heterocycles. The summed E-state index contributed by atoms with van der Waals surface area (Å²) in [5.74, 6) is -9.60. The van der Waals surface area contributed by atoms with Crippen LogP contribution in [0, 0.1) is 29.1 Å². The first kappa shape index (κ1) is 15.8. The molecular weight excluding hydrogens is 269 g/mol. The first-order valence-corrected chi connectivity index (χ1v) is 5.63. The summed E-state index contributed by atoms with van der Waals surface area (Å²) in [7, 11) is 2.84. The SMILES string of the molecule is CNC(CCCOC)c1c(F)c(F)c(F)c(F)c1F. The van der Waals surface area contributed by atoms with Crippen LogP contribution in [0.15, 0.2) is 0 Å². The molecular formula is C12H14F5NO.